The van der Waals surface area contributed by atoms with Crippen molar-refractivity contribution in [3.05, 3.63) is 11.6 Å². The molecule has 1 atom stereocenters. The van der Waals surface area contributed by atoms with E-state index in [1.807, 2.05) is 6.92 Å². The smallest absolute Gasteiger partial charge is 0.152 e. The highest BCUT2D eigenvalue weighted by atomic mass is 16.5. The summed E-state index contributed by atoms with van der Waals surface area (Å²) in [7, 11) is 1.66. The topological polar surface area (TPSA) is 38.3 Å². The zero-order chi connectivity index (χ0) is 11.0. The van der Waals surface area contributed by atoms with Crippen LogP contribution >= 0.6 is 0 Å². The summed E-state index contributed by atoms with van der Waals surface area (Å²) in [4.78, 5) is 10.8. The van der Waals surface area contributed by atoms with Crippen LogP contribution in [0, 0.1) is 5.92 Å². The molecule has 0 aliphatic rings. The highest BCUT2D eigenvalue weighted by Gasteiger charge is 2.04. The molecule has 14 heavy (non-hydrogen) atoms. The normalized spacial score (nSPS) is 14.1. The van der Waals surface area contributed by atoms with E-state index in [9.17, 15) is 4.79 Å². The molecule has 0 fully saturated rings. The van der Waals surface area contributed by atoms with Crippen molar-refractivity contribution in [2.45, 2.75) is 27.2 Å². The quantitative estimate of drug-likeness (QED) is 0.385. The number of allylic oxidation sites excluding steroid dienone is 2. The minimum absolute atomic E-state index is 0.124. The number of nitrogens with one attached hydrogen (secondary N) is 1. The third kappa shape index (κ3) is 6.80. The maximum absolute atomic E-state index is 10.8. The third-order valence-electron chi connectivity index (χ3n) is 2.21. The zero-order valence-corrected chi connectivity index (χ0v) is 9.59. The molecule has 1 unspecified atom stereocenters. The minimum Gasteiger partial charge on any atom is -0.370 e. The van der Waals surface area contributed by atoms with Gasteiger partial charge in [-0.25, -0.2) is 0 Å². The van der Waals surface area contributed by atoms with Gasteiger partial charge in [-0.3, -0.25) is 10.1 Å². The highest BCUT2D eigenvalue weighted by molar-refractivity contribution is 5.87. The molecule has 0 aliphatic heterocycles. The number of hydrogen-bond donors (Lipinski definition) is 1. The summed E-state index contributed by atoms with van der Waals surface area (Å²) >= 11 is 0. The third-order valence-corrected chi connectivity index (χ3v) is 2.21. The molecule has 3 nitrogen and oxygen atoms in total. The lowest BCUT2D eigenvalue weighted by Gasteiger charge is -2.12. The van der Waals surface area contributed by atoms with Crippen LogP contribution in [0.25, 0.3) is 0 Å². The lowest BCUT2D eigenvalue weighted by atomic mass is 9.98. The first-order valence-electron chi connectivity index (χ1n) is 4.96. The number of hydrogen-bond acceptors (Lipinski definition) is 3. The fourth-order valence-electron chi connectivity index (χ4n) is 1.18. The Morgan fingerprint density at radius 1 is 1.50 bits per heavy atom. The van der Waals surface area contributed by atoms with E-state index in [1.54, 1.807) is 20.1 Å². The summed E-state index contributed by atoms with van der Waals surface area (Å²) in [5.74, 6) is 0.572. The molecule has 82 valence electrons. The first-order valence-corrected chi connectivity index (χ1v) is 4.96. The van der Waals surface area contributed by atoms with Crippen molar-refractivity contribution in [2.75, 3.05) is 20.4 Å². The van der Waals surface area contributed by atoms with E-state index >= 15 is 0 Å². The van der Waals surface area contributed by atoms with E-state index in [4.69, 9.17) is 4.74 Å². The average Bonchev–Trinajstić information content (AvgIpc) is 2.11. The number of ether oxygens (including phenoxy) is 1. The summed E-state index contributed by atoms with van der Waals surface area (Å²) in [6, 6.07) is 0. The highest BCUT2D eigenvalue weighted by Crippen LogP contribution is 2.12. The molecule has 0 aromatic heterocycles. The van der Waals surface area contributed by atoms with Crippen LogP contribution in [0.4, 0.5) is 0 Å². The van der Waals surface area contributed by atoms with Gasteiger partial charge in [-0.2, -0.15) is 0 Å². The molecular weight excluding hydrogens is 178 g/mol. The number of ketones is 1. The fraction of sp³-hybridized carbons (Fsp3) is 0.727. The van der Waals surface area contributed by atoms with Crippen molar-refractivity contribution in [3.8, 4) is 0 Å². The van der Waals surface area contributed by atoms with E-state index in [1.165, 1.54) is 0 Å². The predicted octanol–water partition coefficient (Wildman–Crippen LogP) is 1.74. The molecule has 0 saturated carbocycles. The standard InChI is InChI=1S/C11H21NO2/c1-9(5-6-12-8-14-4)10(2)7-11(3)13/h7,9,12H,5-6,8H2,1-4H3. The van der Waals surface area contributed by atoms with E-state index < -0.39 is 0 Å². The average molecular weight is 199 g/mol. The second kappa shape index (κ2) is 7.71. The van der Waals surface area contributed by atoms with E-state index in [0.717, 1.165) is 18.5 Å². The van der Waals surface area contributed by atoms with Gasteiger partial charge in [-0.1, -0.05) is 12.5 Å². The Morgan fingerprint density at radius 2 is 2.14 bits per heavy atom. The zero-order valence-electron chi connectivity index (χ0n) is 9.59. The van der Waals surface area contributed by atoms with Gasteiger partial charge >= 0.3 is 0 Å². The van der Waals surface area contributed by atoms with Crippen LogP contribution < -0.4 is 5.32 Å². The number of rotatable bonds is 7. The molecule has 0 bridgehead atoms. The molecule has 3 heteroatoms. The molecule has 0 spiro atoms. The van der Waals surface area contributed by atoms with Crippen molar-refractivity contribution < 1.29 is 9.53 Å². The molecule has 0 aromatic rings. The fourth-order valence-corrected chi connectivity index (χ4v) is 1.18. The van der Waals surface area contributed by atoms with Gasteiger partial charge in [0.25, 0.3) is 0 Å². The van der Waals surface area contributed by atoms with E-state index in [-0.39, 0.29) is 5.78 Å². The molecule has 1 N–H and O–H groups in total. The van der Waals surface area contributed by atoms with Crippen LogP contribution in [0.1, 0.15) is 27.2 Å². The SMILES string of the molecule is COCNCCC(C)C(C)=CC(C)=O. The van der Waals surface area contributed by atoms with Crippen LogP contribution in [0.5, 0.6) is 0 Å². The maximum Gasteiger partial charge on any atom is 0.152 e. The number of carbonyl (C=O) groups is 1. The largest absolute Gasteiger partial charge is 0.370 e. The molecule has 0 heterocycles. The second-order valence-corrected chi connectivity index (χ2v) is 3.62. The van der Waals surface area contributed by atoms with Crippen molar-refractivity contribution in [2.24, 2.45) is 5.92 Å². The van der Waals surface area contributed by atoms with Gasteiger partial charge < -0.3 is 4.74 Å². The van der Waals surface area contributed by atoms with Crippen molar-refractivity contribution in [1.29, 1.82) is 0 Å². The van der Waals surface area contributed by atoms with Crippen LogP contribution in [-0.4, -0.2) is 26.2 Å². The monoisotopic (exact) mass is 199 g/mol. The van der Waals surface area contributed by atoms with Gasteiger partial charge in [0, 0.05) is 7.11 Å². The Hall–Kier alpha value is -0.670. The molecule has 0 rings (SSSR count). The minimum atomic E-state index is 0.124. The predicted molar refractivity (Wildman–Crippen MR) is 58.1 cm³/mol. The van der Waals surface area contributed by atoms with Crippen LogP contribution in [0.3, 0.4) is 0 Å². The van der Waals surface area contributed by atoms with Gasteiger partial charge in [-0.15, -0.1) is 0 Å². The van der Waals surface area contributed by atoms with Crippen LogP contribution in [0.2, 0.25) is 0 Å². The van der Waals surface area contributed by atoms with Gasteiger partial charge in [0.05, 0.1) is 6.73 Å². The lowest BCUT2D eigenvalue weighted by molar-refractivity contribution is -0.112. The summed E-state index contributed by atoms with van der Waals surface area (Å²) in [5, 5.41) is 3.14. The van der Waals surface area contributed by atoms with Gasteiger partial charge in [0.15, 0.2) is 5.78 Å². The van der Waals surface area contributed by atoms with Crippen LogP contribution in [0.15, 0.2) is 11.6 Å². The summed E-state index contributed by atoms with van der Waals surface area (Å²) < 4.78 is 4.87. The molecule has 0 aliphatic carbocycles. The van der Waals surface area contributed by atoms with E-state index in [2.05, 4.69) is 12.2 Å². The Bertz CT molecular complexity index is 199. The van der Waals surface area contributed by atoms with Crippen molar-refractivity contribution >= 4 is 5.78 Å². The summed E-state index contributed by atoms with van der Waals surface area (Å²) in [5.41, 5.74) is 1.15. The summed E-state index contributed by atoms with van der Waals surface area (Å²) in [6.45, 7) is 7.21. The number of methoxy groups -OCH3 is 1. The van der Waals surface area contributed by atoms with Gasteiger partial charge in [-0.05, 0) is 38.8 Å². The summed E-state index contributed by atoms with van der Waals surface area (Å²) in [6.07, 6.45) is 2.74. The maximum atomic E-state index is 10.8. The number of carbonyl (C=O) groups excluding carboxylic acids is 1. The molecular formula is C11H21NO2. The molecule has 0 radical (unpaired) electrons. The van der Waals surface area contributed by atoms with Crippen LogP contribution in [-0.2, 0) is 9.53 Å². The molecule has 0 aromatic carbocycles. The second-order valence-electron chi connectivity index (χ2n) is 3.62. The Balaban J connectivity index is 3.72. The Kier molecular flexibility index (Phi) is 7.34. The van der Waals surface area contributed by atoms with Gasteiger partial charge in [0.1, 0.15) is 0 Å². The van der Waals surface area contributed by atoms with Gasteiger partial charge in [0.2, 0.25) is 0 Å². The molecule has 0 amide bonds. The first kappa shape index (κ1) is 13.3. The Morgan fingerprint density at radius 3 is 2.64 bits per heavy atom. The Labute approximate surface area is 86.5 Å². The molecule has 0 saturated heterocycles. The van der Waals surface area contributed by atoms with E-state index in [0.29, 0.717) is 12.6 Å². The van der Waals surface area contributed by atoms with Crippen molar-refractivity contribution in [1.82, 2.24) is 5.32 Å². The lowest BCUT2D eigenvalue weighted by Crippen LogP contribution is -2.20. The first-order chi connectivity index (χ1) is 6.57. The van der Waals surface area contributed by atoms with Crippen molar-refractivity contribution in [3.63, 3.8) is 0 Å².